The molecule has 6 heteroatoms. The van der Waals surface area contributed by atoms with Crippen LogP contribution in [0, 0.1) is 0 Å². The zero-order valence-electron chi connectivity index (χ0n) is 18.8. The van der Waals surface area contributed by atoms with E-state index in [0.717, 1.165) is 22.1 Å². The number of ether oxygens (including phenoxy) is 3. The number of benzene rings is 4. The molecule has 0 saturated carbocycles. The summed E-state index contributed by atoms with van der Waals surface area (Å²) in [5.74, 6) is 1.03. The molecule has 0 aliphatic carbocycles. The molecule has 0 bridgehead atoms. The summed E-state index contributed by atoms with van der Waals surface area (Å²) in [7, 11) is 1.59. The Hall–Kier alpha value is -4.84. The molecule has 1 heterocycles. The van der Waals surface area contributed by atoms with Crippen molar-refractivity contribution in [1.29, 1.82) is 0 Å². The molecule has 0 unspecified atom stereocenters. The summed E-state index contributed by atoms with van der Waals surface area (Å²) in [6, 6.07) is 25.3. The van der Waals surface area contributed by atoms with Crippen LogP contribution >= 0.6 is 0 Å². The second-order valence-electron chi connectivity index (χ2n) is 7.73. The Morgan fingerprint density at radius 2 is 1.57 bits per heavy atom. The van der Waals surface area contributed by atoms with E-state index in [0.29, 0.717) is 11.1 Å². The molecule has 0 amide bonds. The van der Waals surface area contributed by atoms with E-state index in [-0.39, 0.29) is 22.5 Å². The topological polar surface area (TPSA) is 75.0 Å². The Morgan fingerprint density at radius 1 is 0.829 bits per heavy atom. The molecule has 35 heavy (non-hydrogen) atoms. The third-order valence-corrected chi connectivity index (χ3v) is 5.41. The van der Waals surface area contributed by atoms with Gasteiger partial charge in [-0.3, -0.25) is 4.79 Å². The molecule has 0 N–H and O–H groups in total. The summed E-state index contributed by atoms with van der Waals surface area (Å²) in [5, 5.41) is 2.39. The van der Waals surface area contributed by atoms with Crippen LogP contribution in [-0.2, 0) is 4.79 Å². The fourth-order valence-electron chi connectivity index (χ4n) is 3.61. The van der Waals surface area contributed by atoms with Gasteiger partial charge in [0.1, 0.15) is 29.1 Å². The molecule has 5 aromatic rings. The summed E-state index contributed by atoms with van der Waals surface area (Å²) in [5.41, 5.74) is 0.785. The standard InChI is InChI=1S/C29H20O6/c1-32-22-10-6-19(7-11-22)8-15-28(30)35-24-13-14-25-26(17-24)33-18-27(29(25)31)34-23-12-9-20-4-2-3-5-21(20)16-23/h2-18H,1H3. The zero-order valence-corrected chi connectivity index (χ0v) is 18.8. The van der Waals surface area contributed by atoms with E-state index in [1.807, 2.05) is 48.5 Å². The highest BCUT2D eigenvalue weighted by Crippen LogP contribution is 2.26. The zero-order chi connectivity index (χ0) is 24.2. The summed E-state index contributed by atoms with van der Waals surface area (Å²) >= 11 is 0. The summed E-state index contributed by atoms with van der Waals surface area (Å²) in [4.78, 5) is 25.1. The lowest BCUT2D eigenvalue weighted by Gasteiger charge is -2.07. The van der Waals surface area contributed by atoms with Crippen LogP contribution in [0.25, 0.3) is 27.8 Å². The fraction of sp³-hybridized carbons (Fsp3) is 0.0345. The number of carbonyl (C=O) groups excluding carboxylic acids is 1. The van der Waals surface area contributed by atoms with Gasteiger partial charge in [0, 0.05) is 12.1 Å². The minimum Gasteiger partial charge on any atom is -0.497 e. The smallest absolute Gasteiger partial charge is 0.336 e. The third-order valence-electron chi connectivity index (χ3n) is 5.41. The maximum absolute atomic E-state index is 12.9. The van der Waals surface area contributed by atoms with Gasteiger partial charge in [0.25, 0.3) is 0 Å². The largest absolute Gasteiger partial charge is 0.497 e. The summed E-state index contributed by atoms with van der Waals surface area (Å²) < 4.78 is 21.9. The maximum atomic E-state index is 12.9. The summed E-state index contributed by atoms with van der Waals surface area (Å²) in [6.07, 6.45) is 4.22. The van der Waals surface area contributed by atoms with Crippen molar-refractivity contribution >= 4 is 33.8 Å². The van der Waals surface area contributed by atoms with E-state index in [9.17, 15) is 9.59 Å². The molecular formula is C29H20O6. The molecule has 4 aromatic carbocycles. The predicted octanol–water partition coefficient (Wildman–Crippen LogP) is 6.37. The molecule has 0 spiro atoms. The number of esters is 1. The van der Waals surface area contributed by atoms with E-state index in [1.165, 1.54) is 24.5 Å². The van der Waals surface area contributed by atoms with Crippen molar-refractivity contribution in [2.45, 2.75) is 0 Å². The molecule has 0 saturated heterocycles. The highest BCUT2D eigenvalue weighted by Gasteiger charge is 2.11. The number of rotatable bonds is 6. The summed E-state index contributed by atoms with van der Waals surface area (Å²) in [6.45, 7) is 0. The maximum Gasteiger partial charge on any atom is 0.336 e. The second kappa shape index (κ2) is 9.57. The molecule has 1 aromatic heterocycles. The lowest BCUT2D eigenvalue weighted by molar-refractivity contribution is -0.128. The van der Waals surface area contributed by atoms with Gasteiger partial charge in [-0.1, -0.05) is 42.5 Å². The molecular weight excluding hydrogens is 444 g/mol. The minimum absolute atomic E-state index is 0.0694. The van der Waals surface area contributed by atoms with Gasteiger partial charge in [0.15, 0.2) is 0 Å². The fourth-order valence-corrected chi connectivity index (χ4v) is 3.61. The first-order valence-corrected chi connectivity index (χ1v) is 10.9. The quantitative estimate of drug-likeness (QED) is 0.165. The van der Waals surface area contributed by atoms with Crippen molar-refractivity contribution in [3.05, 3.63) is 113 Å². The van der Waals surface area contributed by atoms with Gasteiger partial charge in [-0.2, -0.15) is 0 Å². The average Bonchev–Trinajstić information content (AvgIpc) is 2.89. The number of fused-ring (bicyclic) bond motifs is 2. The molecule has 5 rings (SSSR count). The first-order valence-electron chi connectivity index (χ1n) is 10.9. The van der Waals surface area contributed by atoms with Crippen LogP contribution in [-0.4, -0.2) is 13.1 Å². The molecule has 172 valence electrons. The van der Waals surface area contributed by atoms with Crippen LogP contribution in [0.4, 0.5) is 0 Å². The highest BCUT2D eigenvalue weighted by atomic mass is 16.5. The normalized spacial score (nSPS) is 11.1. The first kappa shape index (κ1) is 22.0. The van der Waals surface area contributed by atoms with Gasteiger partial charge < -0.3 is 18.6 Å². The Bertz CT molecular complexity index is 1610. The van der Waals surface area contributed by atoms with Crippen molar-refractivity contribution < 1.29 is 23.4 Å². The first-order chi connectivity index (χ1) is 17.1. The van der Waals surface area contributed by atoms with Gasteiger partial charge in [-0.05, 0) is 58.8 Å². The lowest BCUT2D eigenvalue weighted by atomic mass is 10.1. The van der Waals surface area contributed by atoms with E-state index >= 15 is 0 Å². The van der Waals surface area contributed by atoms with Gasteiger partial charge in [-0.25, -0.2) is 4.79 Å². The van der Waals surface area contributed by atoms with Crippen molar-refractivity contribution in [3.63, 3.8) is 0 Å². The van der Waals surface area contributed by atoms with E-state index in [1.54, 1.807) is 37.5 Å². The number of carbonyl (C=O) groups is 1. The SMILES string of the molecule is COc1ccc(C=CC(=O)Oc2ccc3c(=O)c(Oc4ccc5ccccc5c4)coc3c2)cc1. The number of hydrogen-bond donors (Lipinski definition) is 0. The number of hydrogen-bond acceptors (Lipinski definition) is 6. The van der Waals surface area contributed by atoms with Crippen molar-refractivity contribution in [2.24, 2.45) is 0 Å². The van der Waals surface area contributed by atoms with E-state index in [4.69, 9.17) is 18.6 Å². The van der Waals surface area contributed by atoms with Crippen molar-refractivity contribution in [2.75, 3.05) is 7.11 Å². The van der Waals surface area contributed by atoms with E-state index in [2.05, 4.69) is 0 Å². The average molecular weight is 464 g/mol. The predicted molar refractivity (Wildman–Crippen MR) is 134 cm³/mol. The Kier molecular flexibility index (Phi) is 6.01. The Balaban J connectivity index is 1.32. The molecule has 6 nitrogen and oxygen atoms in total. The third kappa shape index (κ3) is 4.91. The van der Waals surface area contributed by atoms with Crippen molar-refractivity contribution in [3.8, 4) is 23.0 Å². The Morgan fingerprint density at radius 3 is 2.37 bits per heavy atom. The lowest BCUT2D eigenvalue weighted by Crippen LogP contribution is -2.06. The van der Waals surface area contributed by atoms with Crippen LogP contribution in [0.1, 0.15) is 5.56 Å². The monoisotopic (exact) mass is 464 g/mol. The minimum atomic E-state index is -0.557. The molecule has 0 aliphatic rings. The Labute approximate surface area is 200 Å². The van der Waals surface area contributed by atoms with Crippen LogP contribution < -0.4 is 19.6 Å². The molecule has 0 fully saturated rings. The van der Waals surface area contributed by atoms with Gasteiger partial charge in [0.2, 0.25) is 11.2 Å². The van der Waals surface area contributed by atoms with Crippen LogP contribution in [0.3, 0.4) is 0 Å². The van der Waals surface area contributed by atoms with Gasteiger partial charge in [-0.15, -0.1) is 0 Å². The molecule has 0 radical (unpaired) electrons. The van der Waals surface area contributed by atoms with Crippen LogP contribution in [0.5, 0.6) is 23.0 Å². The molecule has 0 aliphatic heterocycles. The molecule has 0 atom stereocenters. The number of methoxy groups -OCH3 is 1. The van der Waals surface area contributed by atoms with E-state index < -0.39 is 5.97 Å². The van der Waals surface area contributed by atoms with Gasteiger partial charge in [0.05, 0.1) is 12.5 Å². The van der Waals surface area contributed by atoms with Crippen molar-refractivity contribution in [1.82, 2.24) is 0 Å². The van der Waals surface area contributed by atoms with Crippen LogP contribution in [0.15, 0.2) is 106 Å². The second-order valence-corrected chi connectivity index (χ2v) is 7.73. The van der Waals surface area contributed by atoms with Gasteiger partial charge >= 0.3 is 5.97 Å². The highest BCUT2D eigenvalue weighted by molar-refractivity contribution is 5.89. The van der Waals surface area contributed by atoms with Crippen LogP contribution in [0.2, 0.25) is 0 Å².